The van der Waals surface area contributed by atoms with Gasteiger partial charge in [0, 0.05) is 32.7 Å². The zero-order valence-electron chi connectivity index (χ0n) is 18.7. The van der Waals surface area contributed by atoms with Crippen molar-refractivity contribution >= 4 is 11.8 Å². The molecule has 1 aliphatic carbocycles. The maximum atomic E-state index is 13.0. The molecule has 0 unspecified atom stereocenters. The summed E-state index contributed by atoms with van der Waals surface area (Å²) < 4.78 is 5.18. The Labute approximate surface area is 180 Å². The molecule has 1 heterocycles. The molecule has 0 radical (unpaired) electrons. The Bertz CT molecular complexity index is 690. The summed E-state index contributed by atoms with van der Waals surface area (Å²) in [7, 11) is 1.64. The molecule has 1 saturated carbocycles. The summed E-state index contributed by atoms with van der Waals surface area (Å²) in [6, 6.07) is 7.63. The fourth-order valence-electron chi connectivity index (χ4n) is 4.64. The Balaban J connectivity index is 1.55. The van der Waals surface area contributed by atoms with Crippen LogP contribution in [0.4, 0.5) is 0 Å². The summed E-state index contributed by atoms with van der Waals surface area (Å²) in [5.74, 6) is 2.02. The maximum Gasteiger partial charge on any atom is 0.237 e. The van der Waals surface area contributed by atoms with E-state index in [0.29, 0.717) is 31.3 Å². The number of benzene rings is 1. The minimum atomic E-state index is -0.0508. The highest BCUT2D eigenvalue weighted by molar-refractivity contribution is 5.82. The summed E-state index contributed by atoms with van der Waals surface area (Å²) in [5.41, 5.74) is 1.00. The predicted molar refractivity (Wildman–Crippen MR) is 118 cm³/mol. The van der Waals surface area contributed by atoms with E-state index in [4.69, 9.17) is 4.74 Å². The lowest BCUT2D eigenvalue weighted by atomic mass is 9.94. The third-order valence-corrected chi connectivity index (χ3v) is 6.37. The van der Waals surface area contributed by atoms with Gasteiger partial charge in [0.2, 0.25) is 11.8 Å². The molecular formula is C24H37N3O3. The second kappa shape index (κ2) is 10.8. The van der Waals surface area contributed by atoms with E-state index in [1.54, 1.807) is 7.11 Å². The standard InChI is InChI=1S/C24H37N3O3/c1-18(2)17-25-24(29)23(20-6-4-5-7-20)27-14-12-26(13-15-27)22(28)16-19-8-10-21(30-3)11-9-19/h8-11,18,20,23H,4-7,12-17H2,1-3H3,(H,25,29)/t23-/m0/s1. The second-order valence-electron chi connectivity index (χ2n) is 9.07. The van der Waals surface area contributed by atoms with Crippen LogP contribution in [-0.2, 0) is 16.0 Å². The van der Waals surface area contributed by atoms with Gasteiger partial charge < -0.3 is 15.0 Å². The molecule has 2 aliphatic rings. The first-order valence-corrected chi connectivity index (χ1v) is 11.4. The van der Waals surface area contributed by atoms with Crippen molar-refractivity contribution in [1.29, 1.82) is 0 Å². The molecule has 2 fully saturated rings. The van der Waals surface area contributed by atoms with Crippen molar-refractivity contribution in [2.75, 3.05) is 39.8 Å². The van der Waals surface area contributed by atoms with Gasteiger partial charge in [-0.15, -0.1) is 0 Å². The number of carbonyl (C=O) groups excluding carboxylic acids is 2. The van der Waals surface area contributed by atoms with Crippen LogP contribution >= 0.6 is 0 Å². The van der Waals surface area contributed by atoms with E-state index in [-0.39, 0.29) is 17.9 Å². The zero-order chi connectivity index (χ0) is 21.5. The fourth-order valence-corrected chi connectivity index (χ4v) is 4.64. The van der Waals surface area contributed by atoms with Crippen molar-refractivity contribution in [3.05, 3.63) is 29.8 Å². The van der Waals surface area contributed by atoms with Crippen molar-refractivity contribution < 1.29 is 14.3 Å². The number of piperazine rings is 1. The Morgan fingerprint density at radius 3 is 2.27 bits per heavy atom. The van der Waals surface area contributed by atoms with E-state index in [1.807, 2.05) is 29.2 Å². The minimum absolute atomic E-state index is 0.0508. The summed E-state index contributed by atoms with van der Waals surface area (Å²) in [6.45, 7) is 7.89. The van der Waals surface area contributed by atoms with Gasteiger partial charge in [0.05, 0.1) is 19.6 Å². The number of carbonyl (C=O) groups is 2. The van der Waals surface area contributed by atoms with E-state index in [0.717, 1.165) is 43.8 Å². The zero-order valence-corrected chi connectivity index (χ0v) is 18.7. The average Bonchev–Trinajstić information content (AvgIpc) is 3.27. The van der Waals surface area contributed by atoms with Gasteiger partial charge in [0.1, 0.15) is 5.75 Å². The number of rotatable bonds is 8. The Hall–Kier alpha value is -2.08. The number of nitrogens with zero attached hydrogens (tertiary/aromatic N) is 2. The van der Waals surface area contributed by atoms with Crippen molar-refractivity contribution in [3.8, 4) is 5.75 Å². The van der Waals surface area contributed by atoms with Crippen molar-refractivity contribution in [2.24, 2.45) is 11.8 Å². The Kier molecular flexibility index (Phi) is 8.14. The van der Waals surface area contributed by atoms with Gasteiger partial charge in [0.25, 0.3) is 0 Å². The van der Waals surface area contributed by atoms with Gasteiger partial charge in [-0.05, 0) is 42.4 Å². The largest absolute Gasteiger partial charge is 0.497 e. The molecule has 3 rings (SSSR count). The number of methoxy groups -OCH3 is 1. The molecule has 1 aliphatic heterocycles. The number of ether oxygens (including phenoxy) is 1. The first-order valence-electron chi connectivity index (χ1n) is 11.4. The molecule has 6 heteroatoms. The smallest absolute Gasteiger partial charge is 0.237 e. The van der Waals surface area contributed by atoms with Crippen LogP contribution in [0.1, 0.15) is 45.1 Å². The number of hydrogen-bond acceptors (Lipinski definition) is 4. The third kappa shape index (κ3) is 5.97. The number of nitrogens with one attached hydrogen (secondary N) is 1. The molecule has 1 saturated heterocycles. The molecule has 1 atom stereocenters. The fraction of sp³-hybridized carbons (Fsp3) is 0.667. The molecule has 1 aromatic rings. The molecule has 1 aromatic carbocycles. The first-order chi connectivity index (χ1) is 14.5. The quantitative estimate of drug-likeness (QED) is 0.709. The van der Waals surface area contributed by atoms with Crippen molar-refractivity contribution in [1.82, 2.24) is 15.1 Å². The molecular weight excluding hydrogens is 378 g/mol. The lowest BCUT2D eigenvalue weighted by Gasteiger charge is -2.41. The van der Waals surface area contributed by atoms with Crippen molar-refractivity contribution in [2.45, 2.75) is 52.0 Å². The maximum absolute atomic E-state index is 13.0. The van der Waals surface area contributed by atoms with Crippen LogP contribution in [0.5, 0.6) is 5.75 Å². The molecule has 166 valence electrons. The summed E-state index contributed by atoms with van der Waals surface area (Å²) in [6.07, 6.45) is 5.12. The highest BCUT2D eigenvalue weighted by atomic mass is 16.5. The van der Waals surface area contributed by atoms with E-state index < -0.39 is 0 Å². The van der Waals surface area contributed by atoms with Crippen LogP contribution in [0.3, 0.4) is 0 Å². The van der Waals surface area contributed by atoms with Gasteiger partial charge in [-0.2, -0.15) is 0 Å². The average molecular weight is 416 g/mol. The van der Waals surface area contributed by atoms with E-state index in [9.17, 15) is 9.59 Å². The lowest BCUT2D eigenvalue weighted by Crippen LogP contribution is -2.58. The van der Waals surface area contributed by atoms with Crippen molar-refractivity contribution in [3.63, 3.8) is 0 Å². The first kappa shape index (κ1) is 22.6. The van der Waals surface area contributed by atoms with Crippen LogP contribution in [0.2, 0.25) is 0 Å². The number of amides is 2. The highest BCUT2D eigenvalue weighted by Crippen LogP contribution is 2.31. The topological polar surface area (TPSA) is 61.9 Å². The van der Waals surface area contributed by atoms with Crippen LogP contribution < -0.4 is 10.1 Å². The summed E-state index contributed by atoms with van der Waals surface area (Å²) in [5, 5.41) is 3.16. The molecule has 1 N–H and O–H groups in total. The highest BCUT2D eigenvalue weighted by Gasteiger charge is 2.37. The second-order valence-corrected chi connectivity index (χ2v) is 9.07. The molecule has 2 amide bonds. The van der Waals surface area contributed by atoms with Gasteiger partial charge in [0.15, 0.2) is 0 Å². The van der Waals surface area contributed by atoms with E-state index in [2.05, 4.69) is 24.1 Å². The Morgan fingerprint density at radius 2 is 1.70 bits per heavy atom. The number of hydrogen-bond donors (Lipinski definition) is 1. The van der Waals surface area contributed by atoms with E-state index in [1.165, 1.54) is 12.8 Å². The van der Waals surface area contributed by atoms with Crippen LogP contribution in [0.15, 0.2) is 24.3 Å². The van der Waals surface area contributed by atoms with Gasteiger partial charge in [-0.1, -0.05) is 38.8 Å². The predicted octanol–water partition coefficient (Wildman–Crippen LogP) is 2.71. The molecule has 30 heavy (non-hydrogen) atoms. The summed E-state index contributed by atoms with van der Waals surface area (Å²) >= 11 is 0. The molecule has 0 bridgehead atoms. The van der Waals surface area contributed by atoms with Gasteiger partial charge in [-0.3, -0.25) is 14.5 Å². The van der Waals surface area contributed by atoms with Gasteiger partial charge >= 0.3 is 0 Å². The minimum Gasteiger partial charge on any atom is -0.497 e. The third-order valence-electron chi connectivity index (χ3n) is 6.37. The lowest BCUT2D eigenvalue weighted by molar-refractivity contribution is -0.134. The van der Waals surface area contributed by atoms with Crippen LogP contribution in [0.25, 0.3) is 0 Å². The summed E-state index contributed by atoms with van der Waals surface area (Å²) in [4.78, 5) is 30.0. The molecule has 0 aromatic heterocycles. The van der Waals surface area contributed by atoms with Crippen LogP contribution in [0, 0.1) is 11.8 Å². The monoisotopic (exact) mass is 415 g/mol. The normalized spacial score (nSPS) is 19.1. The Morgan fingerprint density at radius 1 is 1.07 bits per heavy atom. The van der Waals surface area contributed by atoms with Crippen LogP contribution in [-0.4, -0.2) is 67.5 Å². The SMILES string of the molecule is COc1ccc(CC(=O)N2CCN([C@H](C(=O)NCC(C)C)C3CCCC3)CC2)cc1. The molecule has 0 spiro atoms. The van der Waals surface area contributed by atoms with Gasteiger partial charge in [-0.25, -0.2) is 0 Å². The van der Waals surface area contributed by atoms with E-state index >= 15 is 0 Å². The molecule has 6 nitrogen and oxygen atoms in total.